The summed E-state index contributed by atoms with van der Waals surface area (Å²) in [6.45, 7) is 39.1. The van der Waals surface area contributed by atoms with E-state index in [2.05, 4.69) is 236 Å². The molecule has 0 aliphatic heterocycles. The van der Waals surface area contributed by atoms with Gasteiger partial charge in [0.1, 0.15) is 5.01 Å². The highest BCUT2D eigenvalue weighted by molar-refractivity contribution is 7.20. The Morgan fingerprint density at radius 2 is 1.18 bits per heavy atom. The molecule has 1 aliphatic rings. The van der Waals surface area contributed by atoms with Gasteiger partial charge in [-0.25, -0.2) is 4.98 Å². The Balaban J connectivity index is 0.000000951. The van der Waals surface area contributed by atoms with Crippen LogP contribution in [0.2, 0.25) is 0 Å². The maximum atomic E-state index is 5.59. The molecule has 2 nitrogen and oxygen atoms in total. The van der Waals surface area contributed by atoms with E-state index in [1.807, 2.05) is 72.0 Å². The summed E-state index contributed by atoms with van der Waals surface area (Å²) in [5.74, 6) is 0. The summed E-state index contributed by atoms with van der Waals surface area (Å²) in [5, 5.41) is 5.72. The summed E-state index contributed by atoms with van der Waals surface area (Å²) in [7, 11) is 0. The zero-order valence-electron chi connectivity index (χ0n) is 48.8. The first-order valence-corrected chi connectivity index (χ1v) is 30.4. The average molecular weight is 1090 g/mol. The predicted molar refractivity (Wildman–Crippen MR) is 360 cm³/mol. The van der Waals surface area contributed by atoms with Crippen molar-refractivity contribution in [2.75, 3.05) is 0 Å². The second-order valence-electron chi connectivity index (χ2n) is 19.7. The molecule has 5 heteroatoms. The van der Waals surface area contributed by atoms with Crippen LogP contribution in [0.25, 0.3) is 105 Å². The van der Waals surface area contributed by atoms with Gasteiger partial charge in [-0.2, -0.15) is 0 Å². The van der Waals surface area contributed by atoms with Crippen molar-refractivity contribution in [3.63, 3.8) is 0 Å². The summed E-state index contributed by atoms with van der Waals surface area (Å²) in [6.07, 6.45) is 20.3. The number of para-hydroxylation sites is 1. The summed E-state index contributed by atoms with van der Waals surface area (Å²) in [4.78, 5) is 8.16. The van der Waals surface area contributed by atoms with E-state index in [0.717, 1.165) is 49.3 Å². The minimum absolute atomic E-state index is 0.114. The number of benzene rings is 6. The van der Waals surface area contributed by atoms with Gasteiger partial charge in [-0.1, -0.05) is 203 Å². The zero-order valence-corrected chi connectivity index (χ0v) is 51.3. The molecule has 0 N–H and O–H groups in total. The highest BCUT2D eigenvalue weighted by Gasteiger charge is 2.19. The summed E-state index contributed by atoms with van der Waals surface area (Å²) >= 11 is 5.43. The normalized spacial score (nSPS) is 12.5. The molecule has 11 rings (SSSR count). The molecule has 79 heavy (non-hydrogen) atoms. The van der Waals surface area contributed by atoms with Crippen LogP contribution in [0.3, 0.4) is 0 Å². The van der Waals surface area contributed by atoms with E-state index >= 15 is 0 Å². The van der Waals surface area contributed by atoms with Crippen molar-refractivity contribution in [3.05, 3.63) is 237 Å². The minimum Gasteiger partial charge on any atom is -0.309 e. The predicted octanol–water partition coefficient (Wildman–Crippen LogP) is 22.1. The first kappa shape index (κ1) is 59.3. The second-order valence-corrected chi connectivity index (χ2v) is 23.1. The molecule has 4 heterocycles. The molecule has 0 radical (unpaired) electrons. The topological polar surface area (TPSA) is 17.8 Å². The Hall–Kier alpha value is -7.41. The zero-order chi connectivity index (χ0) is 57.0. The largest absolute Gasteiger partial charge is 0.309 e. The lowest BCUT2D eigenvalue weighted by molar-refractivity contribution is 0.547. The van der Waals surface area contributed by atoms with Gasteiger partial charge in [0.15, 0.2) is 0 Å². The van der Waals surface area contributed by atoms with E-state index in [0.29, 0.717) is 0 Å². The molecule has 0 amide bonds. The van der Waals surface area contributed by atoms with Crippen LogP contribution in [0.4, 0.5) is 0 Å². The molecular weight excluding hydrogens is 1010 g/mol. The Kier molecular flexibility index (Phi) is 20.2. The smallest absolute Gasteiger partial charge is 0.124 e. The highest BCUT2D eigenvalue weighted by atomic mass is 32.1. The fourth-order valence-electron chi connectivity index (χ4n) is 9.80. The van der Waals surface area contributed by atoms with E-state index < -0.39 is 0 Å². The first-order valence-electron chi connectivity index (χ1n) is 28.0. The Labute approximate surface area is 483 Å². The molecule has 0 saturated carbocycles. The maximum Gasteiger partial charge on any atom is 0.124 e. The Morgan fingerprint density at radius 1 is 0.620 bits per heavy atom. The van der Waals surface area contributed by atoms with Crippen LogP contribution in [-0.2, 0) is 0 Å². The molecule has 0 spiro atoms. The quantitative estimate of drug-likeness (QED) is 0.132. The van der Waals surface area contributed by atoms with Crippen molar-refractivity contribution in [1.29, 1.82) is 0 Å². The van der Waals surface area contributed by atoms with Gasteiger partial charge in [0.25, 0.3) is 0 Å². The van der Waals surface area contributed by atoms with Crippen LogP contribution in [0.1, 0.15) is 126 Å². The van der Waals surface area contributed by atoms with Crippen molar-refractivity contribution in [2.24, 2.45) is 5.41 Å². The Morgan fingerprint density at radius 3 is 1.78 bits per heavy atom. The summed E-state index contributed by atoms with van der Waals surface area (Å²) in [6, 6.07) is 49.2. The molecule has 1 aliphatic carbocycles. The van der Waals surface area contributed by atoms with E-state index in [-0.39, 0.29) is 5.41 Å². The maximum absolute atomic E-state index is 5.59. The van der Waals surface area contributed by atoms with Gasteiger partial charge in [0, 0.05) is 52.3 Å². The van der Waals surface area contributed by atoms with Crippen LogP contribution in [-0.4, -0.2) is 9.55 Å². The minimum atomic E-state index is 0.114. The van der Waals surface area contributed by atoms with Crippen molar-refractivity contribution in [2.45, 2.75) is 96.4 Å². The molecular formula is C74H78N2S3. The van der Waals surface area contributed by atoms with Crippen LogP contribution < -0.4 is 9.88 Å². The van der Waals surface area contributed by atoms with Crippen LogP contribution >= 0.6 is 34.0 Å². The molecule has 4 aromatic heterocycles. The molecule has 0 atom stereocenters. The molecule has 402 valence electrons. The van der Waals surface area contributed by atoms with Gasteiger partial charge in [-0.15, -0.1) is 40.6 Å². The van der Waals surface area contributed by atoms with Gasteiger partial charge in [0.2, 0.25) is 0 Å². The van der Waals surface area contributed by atoms with Gasteiger partial charge in [-0.3, -0.25) is 0 Å². The molecule has 0 unspecified atom stereocenters. The lowest BCUT2D eigenvalue weighted by Crippen LogP contribution is -2.26. The highest BCUT2D eigenvalue weighted by Crippen LogP contribution is 2.39. The number of thiazole rings is 1. The number of rotatable bonds is 9. The third-order valence-corrected chi connectivity index (χ3v) is 17.2. The van der Waals surface area contributed by atoms with Crippen LogP contribution in [0, 0.1) is 19.3 Å². The number of hydrogen-bond donors (Lipinski definition) is 0. The van der Waals surface area contributed by atoms with Crippen molar-refractivity contribution in [1.82, 2.24) is 9.55 Å². The fraction of sp³-hybridized carbons (Fsp3) is 0.203. The molecule has 6 aromatic carbocycles. The SMILES string of the molecule is C=C/C(c1ccc(-c2ccc3sc(C=C)c(C)c3c2)cc1)=c1/nc(-c2ccc3c(c2)c2c(n3-c3ccccc3)C=CCC=C2)s/c1=C(/C)c1ccc(-c2ccc3sc(C)c(/C=C\C(C)(C)C)c3c2)cc1.C=CC.CC.CC.CC. The number of allylic oxidation sites excluding steroid dienone is 5. The van der Waals surface area contributed by atoms with Crippen molar-refractivity contribution >= 4 is 101 Å². The van der Waals surface area contributed by atoms with Gasteiger partial charge in [-0.05, 0) is 156 Å². The van der Waals surface area contributed by atoms with Gasteiger partial charge < -0.3 is 4.57 Å². The number of fused-ring (bicyclic) bond motifs is 5. The average Bonchev–Trinajstić information content (AvgIpc) is 4.26. The summed E-state index contributed by atoms with van der Waals surface area (Å²) < 4.78 is 6.12. The van der Waals surface area contributed by atoms with E-state index in [9.17, 15) is 0 Å². The number of nitrogens with zero attached hydrogens (tertiary/aromatic N) is 2. The number of thiophene rings is 2. The monoisotopic (exact) mass is 1090 g/mol. The molecule has 10 aromatic rings. The number of hydrogen-bond acceptors (Lipinski definition) is 4. The van der Waals surface area contributed by atoms with E-state index in [1.54, 1.807) is 28.7 Å². The van der Waals surface area contributed by atoms with Crippen LogP contribution in [0.15, 0.2) is 184 Å². The third-order valence-electron chi connectivity index (χ3n) is 13.6. The van der Waals surface area contributed by atoms with Gasteiger partial charge in [0.05, 0.1) is 21.1 Å². The standard InChI is InChI=1S/C65H54N2S3.C3H6.3C2H6/c1-9-51(46-27-25-45(26-28-46)47-30-33-60-54(37-47)41(4)59(10-2)69-60)62-63(40(3)43-21-23-44(24-22-43)48-31-34-61-56(38-48)52(42(5)68-61)35-36-65(6,7)8)70-64(66-62)49-29-32-58-55(39-49)53-19-15-12-16-20-57(53)67(58)50-17-13-11-14-18-50;1-3-2;3*1-2/h9-11,13-39H,1-2,12H2,3-8H3;3H,1H2,2H3;3*1-2H3/b36-35-,62-51-,63-40-;;;;. The molecule has 0 fully saturated rings. The fourth-order valence-corrected chi connectivity index (χ4v) is 13.0. The lowest BCUT2D eigenvalue weighted by atomic mass is 9.94. The molecule has 0 saturated heterocycles. The van der Waals surface area contributed by atoms with Gasteiger partial charge >= 0.3 is 0 Å². The Bertz CT molecular complexity index is 3980. The second kappa shape index (κ2) is 27.0. The molecule has 0 bridgehead atoms. The van der Waals surface area contributed by atoms with Crippen LogP contribution in [0.5, 0.6) is 0 Å². The number of aromatic nitrogens is 2. The van der Waals surface area contributed by atoms with Crippen molar-refractivity contribution in [3.8, 4) is 38.5 Å². The first-order chi connectivity index (χ1) is 38.4. The summed E-state index contributed by atoms with van der Waals surface area (Å²) in [5.41, 5.74) is 17.8. The van der Waals surface area contributed by atoms with E-state index in [1.165, 1.54) is 91.0 Å². The third kappa shape index (κ3) is 12.7. The van der Waals surface area contributed by atoms with Crippen molar-refractivity contribution < 1.29 is 0 Å². The lowest BCUT2D eigenvalue weighted by Gasteiger charge is -2.11. The van der Waals surface area contributed by atoms with E-state index in [4.69, 9.17) is 4.98 Å². The number of aryl methyl sites for hydroxylation is 2.